The third-order valence-electron chi connectivity index (χ3n) is 3.16. The quantitative estimate of drug-likeness (QED) is 0.821. The number of hydrogen-bond donors (Lipinski definition) is 1. The Morgan fingerprint density at radius 3 is 2.94 bits per heavy atom. The van der Waals surface area contributed by atoms with E-state index in [4.69, 9.17) is 4.74 Å². The first-order valence-corrected chi connectivity index (χ1v) is 6.19. The molecule has 88 valence electrons. The molecule has 16 heavy (non-hydrogen) atoms. The molecule has 0 amide bonds. The van der Waals surface area contributed by atoms with Crippen molar-refractivity contribution in [2.75, 3.05) is 20.2 Å². The van der Waals surface area contributed by atoms with Crippen molar-refractivity contribution in [1.29, 1.82) is 0 Å². The van der Waals surface area contributed by atoms with Crippen LogP contribution in [0.2, 0.25) is 0 Å². The van der Waals surface area contributed by atoms with E-state index in [1.54, 1.807) is 0 Å². The Kier molecular flexibility index (Phi) is 3.83. The van der Waals surface area contributed by atoms with Crippen molar-refractivity contribution >= 4 is 0 Å². The van der Waals surface area contributed by atoms with Crippen LogP contribution in [-0.4, -0.2) is 20.2 Å². The Hall–Kier alpha value is -1.02. The molecule has 1 aliphatic carbocycles. The Bertz CT molecular complexity index is 349. The molecule has 0 saturated carbocycles. The van der Waals surface area contributed by atoms with E-state index >= 15 is 0 Å². The Labute approximate surface area is 98.0 Å². The summed E-state index contributed by atoms with van der Waals surface area (Å²) >= 11 is 0. The molecule has 0 heterocycles. The average Bonchev–Trinajstić information content (AvgIpc) is 2.74. The van der Waals surface area contributed by atoms with Crippen LogP contribution in [0.1, 0.15) is 24.5 Å². The maximum Gasteiger partial charge on any atom is 0.119 e. The van der Waals surface area contributed by atoms with Gasteiger partial charge in [-0.2, -0.15) is 0 Å². The molecule has 1 atom stereocenters. The largest absolute Gasteiger partial charge is 0.493 e. The van der Waals surface area contributed by atoms with E-state index in [1.807, 2.05) is 7.05 Å². The highest BCUT2D eigenvalue weighted by atomic mass is 16.5. The van der Waals surface area contributed by atoms with Gasteiger partial charge < -0.3 is 10.1 Å². The van der Waals surface area contributed by atoms with Crippen LogP contribution < -0.4 is 10.1 Å². The van der Waals surface area contributed by atoms with Gasteiger partial charge in [0.2, 0.25) is 0 Å². The monoisotopic (exact) mass is 219 g/mol. The van der Waals surface area contributed by atoms with Crippen LogP contribution in [0.4, 0.5) is 0 Å². The highest BCUT2D eigenvalue weighted by Crippen LogP contribution is 2.26. The predicted molar refractivity (Wildman–Crippen MR) is 67.1 cm³/mol. The van der Waals surface area contributed by atoms with Crippen molar-refractivity contribution in [1.82, 2.24) is 5.32 Å². The van der Waals surface area contributed by atoms with Gasteiger partial charge in [-0.05, 0) is 49.6 Å². The predicted octanol–water partition coefficient (Wildman–Crippen LogP) is 2.41. The van der Waals surface area contributed by atoms with Gasteiger partial charge in [-0.3, -0.25) is 0 Å². The molecule has 1 aliphatic rings. The molecule has 0 aliphatic heterocycles. The van der Waals surface area contributed by atoms with Gasteiger partial charge >= 0.3 is 0 Å². The third kappa shape index (κ3) is 2.76. The van der Waals surface area contributed by atoms with E-state index in [1.165, 1.54) is 30.4 Å². The number of nitrogens with one attached hydrogen (secondary N) is 1. The smallest absolute Gasteiger partial charge is 0.119 e. The average molecular weight is 219 g/mol. The lowest BCUT2D eigenvalue weighted by molar-refractivity contribution is 0.258. The van der Waals surface area contributed by atoms with Crippen molar-refractivity contribution in [3.05, 3.63) is 29.3 Å². The Morgan fingerprint density at radius 2 is 2.12 bits per heavy atom. The first-order chi connectivity index (χ1) is 7.79. The zero-order valence-electron chi connectivity index (χ0n) is 10.3. The summed E-state index contributed by atoms with van der Waals surface area (Å²) in [5, 5.41) is 3.17. The van der Waals surface area contributed by atoms with E-state index in [0.717, 1.165) is 18.9 Å². The van der Waals surface area contributed by atoms with Crippen LogP contribution >= 0.6 is 0 Å². The number of benzene rings is 1. The second-order valence-electron chi connectivity index (χ2n) is 4.76. The second-order valence-corrected chi connectivity index (χ2v) is 4.76. The van der Waals surface area contributed by atoms with Crippen molar-refractivity contribution in [3.63, 3.8) is 0 Å². The van der Waals surface area contributed by atoms with Crippen molar-refractivity contribution in [3.8, 4) is 5.75 Å². The molecule has 0 spiro atoms. The third-order valence-corrected chi connectivity index (χ3v) is 3.16. The summed E-state index contributed by atoms with van der Waals surface area (Å²) in [6, 6.07) is 6.55. The SMILES string of the molecule is CNCC(C)COc1ccc2c(c1)CCC2. The molecule has 1 N–H and O–H groups in total. The highest BCUT2D eigenvalue weighted by Gasteiger charge is 2.11. The summed E-state index contributed by atoms with van der Waals surface area (Å²) in [7, 11) is 1.98. The van der Waals surface area contributed by atoms with Gasteiger partial charge in [0.1, 0.15) is 5.75 Å². The minimum Gasteiger partial charge on any atom is -0.493 e. The molecule has 2 rings (SSSR count). The fourth-order valence-electron chi connectivity index (χ4n) is 2.28. The van der Waals surface area contributed by atoms with E-state index in [-0.39, 0.29) is 0 Å². The summed E-state index contributed by atoms with van der Waals surface area (Å²) in [5.41, 5.74) is 2.99. The molecule has 1 unspecified atom stereocenters. The molecule has 0 saturated heterocycles. The molecule has 0 bridgehead atoms. The summed E-state index contributed by atoms with van der Waals surface area (Å²) < 4.78 is 5.81. The number of rotatable bonds is 5. The van der Waals surface area contributed by atoms with E-state index in [9.17, 15) is 0 Å². The first kappa shape index (κ1) is 11.5. The molecule has 0 radical (unpaired) electrons. The standard InChI is InChI=1S/C14H21NO/c1-11(9-15-2)10-16-14-7-6-12-4-3-5-13(12)8-14/h6-8,11,15H,3-5,9-10H2,1-2H3. The normalized spacial score (nSPS) is 15.9. The van der Waals surface area contributed by atoms with Gasteiger partial charge in [-0.15, -0.1) is 0 Å². The molecule has 1 aromatic carbocycles. The lowest BCUT2D eigenvalue weighted by Gasteiger charge is -2.13. The zero-order valence-corrected chi connectivity index (χ0v) is 10.3. The van der Waals surface area contributed by atoms with Gasteiger partial charge in [0.25, 0.3) is 0 Å². The van der Waals surface area contributed by atoms with Crippen molar-refractivity contribution in [2.45, 2.75) is 26.2 Å². The van der Waals surface area contributed by atoms with Crippen LogP contribution in [0.5, 0.6) is 5.75 Å². The van der Waals surface area contributed by atoms with Gasteiger partial charge in [0, 0.05) is 12.5 Å². The minimum absolute atomic E-state index is 0.554. The fourth-order valence-corrected chi connectivity index (χ4v) is 2.28. The summed E-state index contributed by atoms with van der Waals surface area (Å²) in [6.45, 7) is 3.99. The van der Waals surface area contributed by atoms with Crippen LogP contribution in [0.25, 0.3) is 0 Å². The molecular formula is C14H21NO. The second kappa shape index (κ2) is 5.35. The van der Waals surface area contributed by atoms with Crippen LogP contribution in [0, 0.1) is 5.92 Å². The highest BCUT2D eigenvalue weighted by molar-refractivity contribution is 5.38. The maximum atomic E-state index is 5.81. The number of fused-ring (bicyclic) bond motifs is 1. The number of hydrogen-bond acceptors (Lipinski definition) is 2. The molecule has 0 fully saturated rings. The molecular weight excluding hydrogens is 198 g/mol. The molecule has 0 aromatic heterocycles. The summed E-state index contributed by atoms with van der Waals surface area (Å²) in [5.74, 6) is 1.59. The van der Waals surface area contributed by atoms with Crippen LogP contribution in [0.15, 0.2) is 18.2 Å². The lowest BCUT2D eigenvalue weighted by atomic mass is 10.1. The number of ether oxygens (including phenoxy) is 1. The van der Waals surface area contributed by atoms with Crippen molar-refractivity contribution < 1.29 is 4.74 Å². The van der Waals surface area contributed by atoms with Gasteiger partial charge in [-0.1, -0.05) is 13.0 Å². The van der Waals surface area contributed by atoms with Gasteiger partial charge in [0.15, 0.2) is 0 Å². The minimum atomic E-state index is 0.554. The first-order valence-electron chi connectivity index (χ1n) is 6.19. The summed E-state index contributed by atoms with van der Waals surface area (Å²) in [4.78, 5) is 0. The van der Waals surface area contributed by atoms with Crippen LogP contribution in [0.3, 0.4) is 0 Å². The molecule has 2 heteroatoms. The van der Waals surface area contributed by atoms with E-state index < -0.39 is 0 Å². The topological polar surface area (TPSA) is 21.3 Å². The van der Waals surface area contributed by atoms with Gasteiger partial charge in [0.05, 0.1) is 6.61 Å². The van der Waals surface area contributed by atoms with E-state index in [0.29, 0.717) is 5.92 Å². The molecule has 1 aromatic rings. The maximum absolute atomic E-state index is 5.81. The van der Waals surface area contributed by atoms with Crippen molar-refractivity contribution in [2.24, 2.45) is 5.92 Å². The lowest BCUT2D eigenvalue weighted by Crippen LogP contribution is -2.21. The Balaban J connectivity index is 1.90. The van der Waals surface area contributed by atoms with Gasteiger partial charge in [-0.25, -0.2) is 0 Å². The number of aryl methyl sites for hydroxylation is 2. The van der Waals surface area contributed by atoms with Crippen LogP contribution in [-0.2, 0) is 12.8 Å². The van der Waals surface area contributed by atoms with E-state index in [2.05, 4.69) is 30.4 Å². The molecule has 2 nitrogen and oxygen atoms in total. The fraction of sp³-hybridized carbons (Fsp3) is 0.571. The summed E-state index contributed by atoms with van der Waals surface area (Å²) in [6.07, 6.45) is 3.76. The zero-order chi connectivity index (χ0) is 11.4. The Morgan fingerprint density at radius 1 is 1.31 bits per heavy atom.